The first kappa shape index (κ1) is 15.6. The van der Waals surface area contributed by atoms with Crippen molar-refractivity contribution in [3.05, 3.63) is 10.4 Å². The van der Waals surface area contributed by atoms with Crippen molar-refractivity contribution in [3.8, 4) is 0 Å². The number of anilines is 2. The van der Waals surface area contributed by atoms with Crippen molar-refractivity contribution in [1.29, 1.82) is 0 Å². The molecule has 1 saturated carbocycles. The molecule has 1 aliphatic rings. The van der Waals surface area contributed by atoms with E-state index >= 15 is 0 Å². The Kier molecular flexibility index (Phi) is 4.41. The van der Waals surface area contributed by atoms with E-state index in [2.05, 4.69) is 0 Å². The van der Waals surface area contributed by atoms with Crippen LogP contribution in [-0.4, -0.2) is 44.4 Å². The lowest BCUT2D eigenvalue weighted by molar-refractivity contribution is 0.0833. The average molecular weight is 310 g/mol. The number of nitrogens with two attached hydrogens (primary N) is 2. The summed E-state index contributed by atoms with van der Waals surface area (Å²) in [6.07, 6.45) is 3.68. The summed E-state index contributed by atoms with van der Waals surface area (Å²) in [6, 6.07) is 0. The van der Waals surface area contributed by atoms with Gasteiger partial charge in [0.05, 0.1) is 11.3 Å². The molecule has 1 heterocycles. The van der Waals surface area contributed by atoms with Crippen molar-refractivity contribution in [2.24, 2.45) is 11.7 Å². The molecule has 1 aromatic rings. The molecule has 0 radical (unpaired) electrons. The summed E-state index contributed by atoms with van der Waals surface area (Å²) >= 11 is 1.24. The van der Waals surface area contributed by atoms with E-state index in [-0.39, 0.29) is 17.2 Å². The Morgan fingerprint density at radius 1 is 1.29 bits per heavy atom. The molecule has 2 amide bonds. The minimum atomic E-state index is -0.586. The largest absolute Gasteiger partial charge is 0.397 e. The highest BCUT2D eigenvalue weighted by molar-refractivity contribution is 7.19. The summed E-state index contributed by atoms with van der Waals surface area (Å²) in [5.41, 5.74) is 11.9. The first-order valence-electron chi connectivity index (χ1n) is 6.97. The molecule has 1 aromatic heterocycles. The molecule has 6 nitrogen and oxygen atoms in total. The van der Waals surface area contributed by atoms with Gasteiger partial charge in [-0.15, -0.1) is 11.3 Å². The van der Waals surface area contributed by atoms with Crippen molar-refractivity contribution in [2.45, 2.75) is 19.3 Å². The first-order chi connectivity index (χ1) is 9.82. The minimum absolute atomic E-state index is 0.196. The number of thiophene rings is 1. The van der Waals surface area contributed by atoms with E-state index in [4.69, 9.17) is 11.5 Å². The molecule has 1 aliphatic carbocycles. The number of hydrogen-bond donors (Lipinski definition) is 2. The van der Waals surface area contributed by atoms with Crippen LogP contribution in [0.5, 0.6) is 0 Å². The Morgan fingerprint density at radius 3 is 2.33 bits per heavy atom. The maximum Gasteiger partial charge on any atom is 0.265 e. The van der Waals surface area contributed by atoms with E-state index in [1.54, 1.807) is 14.1 Å². The number of primary amides is 1. The minimum Gasteiger partial charge on any atom is -0.397 e. The SMILES string of the molecule is CN(C)C(=O)c1sc(N(C)CC2CCC2)c(C(N)=O)c1N. The van der Waals surface area contributed by atoms with Gasteiger partial charge in [-0.3, -0.25) is 9.59 Å². The molecule has 0 atom stereocenters. The second-order valence-corrected chi connectivity index (χ2v) is 6.77. The number of amides is 2. The molecule has 0 unspecified atom stereocenters. The van der Waals surface area contributed by atoms with E-state index in [1.165, 1.54) is 35.5 Å². The van der Waals surface area contributed by atoms with E-state index in [0.29, 0.717) is 15.8 Å². The van der Waals surface area contributed by atoms with Crippen molar-refractivity contribution in [2.75, 3.05) is 38.3 Å². The summed E-state index contributed by atoms with van der Waals surface area (Å²) in [4.78, 5) is 27.7. The Morgan fingerprint density at radius 2 is 1.90 bits per heavy atom. The van der Waals surface area contributed by atoms with Crippen LogP contribution in [0.4, 0.5) is 10.7 Å². The highest BCUT2D eigenvalue weighted by atomic mass is 32.1. The number of rotatable bonds is 5. The number of nitrogens with zero attached hydrogens (tertiary/aromatic N) is 2. The molecular weight excluding hydrogens is 288 g/mol. The van der Waals surface area contributed by atoms with Gasteiger partial charge in [0.25, 0.3) is 11.8 Å². The van der Waals surface area contributed by atoms with Crippen LogP contribution >= 0.6 is 11.3 Å². The molecule has 0 aliphatic heterocycles. The first-order valence-corrected chi connectivity index (χ1v) is 7.79. The third-order valence-corrected chi connectivity index (χ3v) is 5.18. The summed E-state index contributed by atoms with van der Waals surface area (Å²) in [6.45, 7) is 0.857. The van der Waals surface area contributed by atoms with Gasteiger partial charge < -0.3 is 21.3 Å². The number of carbonyl (C=O) groups excluding carboxylic acids is 2. The van der Waals surface area contributed by atoms with Crippen LogP contribution in [0.25, 0.3) is 0 Å². The second kappa shape index (κ2) is 5.93. The normalized spacial score (nSPS) is 14.6. The van der Waals surface area contributed by atoms with Crippen LogP contribution in [0.1, 0.15) is 39.3 Å². The van der Waals surface area contributed by atoms with Crippen LogP contribution in [0.15, 0.2) is 0 Å². The third kappa shape index (κ3) is 2.97. The van der Waals surface area contributed by atoms with E-state index < -0.39 is 5.91 Å². The molecule has 1 fully saturated rings. The number of hydrogen-bond acceptors (Lipinski definition) is 5. The van der Waals surface area contributed by atoms with Gasteiger partial charge in [-0.2, -0.15) is 0 Å². The lowest BCUT2D eigenvalue weighted by Gasteiger charge is -2.30. The highest BCUT2D eigenvalue weighted by Crippen LogP contribution is 2.39. The Balaban J connectivity index is 2.36. The quantitative estimate of drug-likeness (QED) is 0.859. The average Bonchev–Trinajstić information content (AvgIpc) is 2.70. The van der Waals surface area contributed by atoms with E-state index in [1.807, 2.05) is 11.9 Å². The van der Waals surface area contributed by atoms with Gasteiger partial charge in [0.1, 0.15) is 9.88 Å². The lowest BCUT2D eigenvalue weighted by atomic mass is 9.85. The molecule has 2 rings (SSSR count). The monoisotopic (exact) mass is 310 g/mol. The maximum absolute atomic E-state index is 12.2. The summed E-state index contributed by atoms with van der Waals surface area (Å²) in [7, 11) is 5.23. The fourth-order valence-corrected chi connectivity index (χ4v) is 3.66. The molecule has 0 aromatic carbocycles. The lowest BCUT2D eigenvalue weighted by Crippen LogP contribution is -2.30. The second-order valence-electron chi connectivity index (χ2n) is 5.77. The van der Waals surface area contributed by atoms with Crippen LogP contribution in [0.3, 0.4) is 0 Å². The van der Waals surface area contributed by atoms with Gasteiger partial charge in [-0.05, 0) is 18.8 Å². The number of nitrogen functional groups attached to an aromatic ring is 1. The smallest absolute Gasteiger partial charge is 0.265 e. The molecule has 0 saturated heterocycles. The van der Waals surface area contributed by atoms with Crippen molar-refractivity contribution >= 4 is 33.8 Å². The van der Waals surface area contributed by atoms with Gasteiger partial charge >= 0.3 is 0 Å². The predicted octanol–water partition coefficient (Wildman–Crippen LogP) is 1.37. The Labute approximate surface area is 128 Å². The van der Waals surface area contributed by atoms with E-state index in [9.17, 15) is 9.59 Å². The van der Waals surface area contributed by atoms with Gasteiger partial charge in [0.2, 0.25) is 0 Å². The molecular formula is C14H22N4O2S. The fourth-order valence-electron chi connectivity index (χ4n) is 2.45. The van der Waals surface area contributed by atoms with Crippen LogP contribution < -0.4 is 16.4 Å². The van der Waals surface area contributed by atoms with Crippen LogP contribution in [-0.2, 0) is 0 Å². The summed E-state index contributed by atoms with van der Waals surface area (Å²) < 4.78 is 0. The predicted molar refractivity (Wildman–Crippen MR) is 85.9 cm³/mol. The summed E-state index contributed by atoms with van der Waals surface area (Å²) in [5, 5.41) is 0.692. The van der Waals surface area contributed by atoms with Crippen LogP contribution in [0.2, 0.25) is 0 Å². The van der Waals surface area contributed by atoms with E-state index in [0.717, 1.165) is 6.54 Å². The van der Waals surface area contributed by atoms with Gasteiger partial charge in [0.15, 0.2) is 0 Å². The zero-order valence-electron chi connectivity index (χ0n) is 12.7. The Hall–Kier alpha value is -1.76. The standard InChI is InChI=1S/C14H22N4O2S/c1-17(2)13(20)11-10(15)9(12(16)19)14(21-11)18(3)7-8-5-4-6-8/h8H,4-7,15H2,1-3H3,(H2,16,19). The van der Waals surface area contributed by atoms with Crippen molar-refractivity contribution in [3.63, 3.8) is 0 Å². The van der Waals surface area contributed by atoms with Gasteiger partial charge in [-0.25, -0.2) is 0 Å². The number of carbonyl (C=O) groups is 2. The topological polar surface area (TPSA) is 92.7 Å². The molecule has 0 spiro atoms. The highest BCUT2D eigenvalue weighted by Gasteiger charge is 2.28. The fraction of sp³-hybridized carbons (Fsp3) is 0.571. The zero-order valence-corrected chi connectivity index (χ0v) is 13.5. The molecule has 4 N–H and O–H groups in total. The maximum atomic E-state index is 12.2. The van der Waals surface area contributed by atoms with Gasteiger partial charge in [0, 0.05) is 27.7 Å². The van der Waals surface area contributed by atoms with Crippen molar-refractivity contribution < 1.29 is 9.59 Å². The van der Waals surface area contributed by atoms with Gasteiger partial charge in [-0.1, -0.05) is 6.42 Å². The third-order valence-electron chi connectivity index (χ3n) is 3.88. The van der Waals surface area contributed by atoms with Crippen molar-refractivity contribution in [1.82, 2.24) is 4.90 Å². The van der Waals surface area contributed by atoms with Crippen LogP contribution in [0, 0.1) is 5.92 Å². The molecule has 21 heavy (non-hydrogen) atoms. The molecule has 0 bridgehead atoms. The zero-order chi connectivity index (χ0) is 15.7. The Bertz CT molecular complexity index is 564. The molecule has 116 valence electrons. The summed E-state index contributed by atoms with van der Waals surface area (Å²) in [5.74, 6) is -0.146. The molecule has 7 heteroatoms.